The van der Waals surface area contributed by atoms with Crippen LogP contribution in [-0.2, 0) is 16.6 Å². The van der Waals surface area contributed by atoms with Crippen LogP contribution in [0, 0.1) is 6.92 Å². The summed E-state index contributed by atoms with van der Waals surface area (Å²) in [5.74, 6) is -0.0813. The second kappa shape index (κ2) is 10.6. The highest BCUT2D eigenvalue weighted by Gasteiger charge is 2.25. The molecule has 3 aromatic rings. The van der Waals surface area contributed by atoms with Gasteiger partial charge in [0.15, 0.2) is 0 Å². The van der Waals surface area contributed by atoms with E-state index < -0.39 is 15.9 Å². The molecule has 0 radical (unpaired) electrons. The van der Waals surface area contributed by atoms with E-state index in [1.54, 1.807) is 75.6 Å². The Morgan fingerprint density at radius 3 is 2.23 bits per heavy atom. The lowest BCUT2D eigenvalue weighted by molar-refractivity contribution is 0.0827. The number of carbonyl (C=O) groups is 2. The van der Waals surface area contributed by atoms with E-state index in [4.69, 9.17) is 4.74 Å². The molecule has 0 saturated carbocycles. The van der Waals surface area contributed by atoms with Crippen LogP contribution in [0.15, 0.2) is 71.6 Å². The quantitative estimate of drug-likeness (QED) is 0.516. The number of anilines is 1. The molecule has 0 heterocycles. The van der Waals surface area contributed by atoms with Crippen molar-refractivity contribution < 1.29 is 22.7 Å². The van der Waals surface area contributed by atoms with E-state index in [0.717, 1.165) is 9.87 Å². The van der Waals surface area contributed by atoms with Crippen molar-refractivity contribution in [3.8, 4) is 5.75 Å². The molecule has 9 heteroatoms. The second-order valence-corrected chi connectivity index (χ2v) is 10.2. The largest absolute Gasteiger partial charge is 0.495 e. The third-order valence-electron chi connectivity index (χ3n) is 5.60. The predicted octanol–water partition coefficient (Wildman–Crippen LogP) is 3.46. The van der Waals surface area contributed by atoms with E-state index in [2.05, 4.69) is 5.32 Å². The first kappa shape index (κ1) is 25.8. The van der Waals surface area contributed by atoms with Crippen LogP contribution in [0.4, 0.5) is 5.69 Å². The van der Waals surface area contributed by atoms with Crippen LogP contribution in [0.3, 0.4) is 0 Å². The number of nitrogens with zero attached hydrogens (tertiary/aromatic N) is 2. The molecule has 0 aliphatic rings. The van der Waals surface area contributed by atoms with Crippen LogP contribution < -0.4 is 14.4 Å². The number of benzene rings is 3. The summed E-state index contributed by atoms with van der Waals surface area (Å²) < 4.78 is 33.0. The summed E-state index contributed by atoms with van der Waals surface area (Å²) in [6, 6.07) is 18.2. The van der Waals surface area contributed by atoms with Gasteiger partial charge in [-0.3, -0.25) is 13.9 Å². The molecule has 3 aromatic carbocycles. The molecule has 0 fully saturated rings. The van der Waals surface area contributed by atoms with Gasteiger partial charge in [-0.1, -0.05) is 30.3 Å². The summed E-state index contributed by atoms with van der Waals surface area (Å²) in [4.78, 5) is 26.4. The monoisotopic (exact) mass is 495 g/mol. The maximum Gasteiger partial charge on any atom is 0.264 e. The van der Waals surface area contributed by atoms with Gasteiger partial charge < -0.3 is 15.0 Å². The zero-order valence-electron chi connectivity index (χ0n) is 20.4. The molecule has 3 rings (SSSR count). The first-order valence-corrected chi connectivity index (χ1v) is 12.3. The molecule has 184 valence electrons. The second-order valence-electron chi connectivity index (χ2n) is 8.20. The number of para-hydroxylation sites is 2. The van der Waals surface area contributed by atoms with Gasteiger partial charge in [-0.25, -0.2) is 8.42 Å². The summed E-state index contributed by atoms with van der Waals surface area (Å²) in [7, 11) is 2.33. The van der Waals surface area contributed by atoms with Crippen LogP contribution in [0.1, 0.15) is 31.8 Å². The first-order chi connectivity index (χ1) is 16.6. The molecular formula is C26H29N3O5S. The Hall–Kier alpha value is -3.85. The van der Waals surface area contributed by atoms with E-state index in [-0.39, 0.29) is 22.9 Å². The number of amides is 2. The number of hydrogen-bond donors (Lipinski definition) is 1. The number of hydrogen-bond acceptors (Lipinski definition) is 5. The summed E-state index contributed by atoms with van der Waals surface area (Å²) >= 11 is 0. The Bertz CT molecular complexity index is 1340. The lowest BCUT2D eigenvalue weighted by Gasteiger charge is -2.22. The van der Waals surface area contributed by atoms with Gasteiger partial charge >= 0.3 is 0 Å². The summed E-state index contributed by atoms with van der Waals surface area (Å²) in [5.41, 5.74) is 2.66. The molecule has 0 unspecified atom stereocenters. The Morgan fingerprint density at radius 2 is 1.60 bits per heavy atom. The van der Waals surface area contributed by atoms with Crippen molar-refractivity contribution in [1.82, 2.24) is 10.2 Å². The van der Waals surface area contributed by atoms with Gasteiger partial charge in [-0.2, -0.15) is 0 Å². The number of ether oxygens (including phenoxy) is 1. The number of methoxy groups -OCH3 is 1. The molecule has 0 aromatic heterocycles. The first-order valence-electron chi connectivity index (χ1n) is 10.9. The summed E-state index contributed by atoms with van der Waals surface area (Å²) in [6.07, 6.45) is 0. The Labute approximate surface area is 206 Å². The van der Waals surface area contributed by atoms with Gasteiger partial charge in [-0.15, -0.1) is 0 Å². The average molecular weight is 496 g/mol. The third-order valence-corrected chi connectivity index (χ3v) is 7.36. The molecule has 0 aliphatic carbocycles. The fourth-order valence-corrected chi connectivity index (χ4v) is 4.72. The molecule has 8 nitrogen and oxygen atoms in total. The molecule has 0 bridgehead atoms. The van der Waals surface area contributed by atoms with Crippen molar-refractivity contribution >= 4 is 27.5 Å². The lowest BCUT2D eigenvalue weighted by Crippen LogP contribution is -2.28. The van der Waals surface area contributed by atoms with Crippen molar-refractivity contribution in [3.63, 3.8) is 0 Å². The predicted molar refractivity (Wildman–Crippen MR) is 135 cm³/mol. The zero-order chi connectivity index (χ0) is 25.8. The Kier molecular flexibility index (Phi) is 7.81. The minimum absolute atomic E-state index is 0.00629. The highest BCUT2D eigenvalue weighted by molar-refractivity contribution is 7.92. The molecule has 0 atom stereocenters. The van der Waals surface area contributed by atoms with Gasteiger partial charge in [0.1, 0.15) is 5.75 Å². The molecule has 1 N–H and O–H groups in total. The Morgan fingerprint density at radius 1 is 0.943 bits per heavy atom. The van der Waals surface area contributed by atoms with Crippen LogP contribution in [0.5, 0.6) is 5.75 Å². The molecule has 2 amide bonds. The molecule has 0 aliphatic heterocycles. The van der Waals surface area contributed by atoms with Crippen molar-refractivity contribution in [2.24, 2.45) is 0 Å². The topological polar surface area (TPSA) is 96.0 Å². The van der Waals surface area contributed by atoms with E-state index >= 15 is 0 Å². The van der Waals surface area contributed by atoms with Crippen LogP contribution in [0.2, 0.25) is 0 Å². The van der Waals surface area contributed by atoms with Crippen molar-refractivity contribution in [3.05, 3.63) is 89.0 Å². The van der Waals surface area contributed by atoms with E-state index in [1.807, 2.05) is 0 Å². The van der Waals surface area contributed by atoms with Crippen molar-refractivity contribution in [2.45, 2.75) is 18.4 Å². The van der Waals surface area contributed by atoms with Gasteiger partial charge in [0, 0.05) is 38.8 Å². The molecule has 35 heavy (non-hydrogen) atoms. The average Bonchev–Trinajstić information content (AvgIpc) is 2.86. The normalized spacial score (nSPS) is 11.0. The number of sulfonamides is 1. The number of carbonyl (C=O) groups excluding carboxylic acids is 2. The third kappa shape index (κ3) is 5.63. The van der Waals surface area contributed by atoms with E-state index in [9.17, 15) is 18.0 Å². The van der Waals surface area contributed by atoms with Crippen LogP contribution in [0.25, 0.3) is 0 Å². The maximum absolute atomic E-state index is 13.3. The fourth-order valence-electron chi connectivity index (χ4n) is 3.48. The van der Waals surface area contributed by atoms with Gasteiger partial charge in [0.25, 0.3) is 21.8 Å². The summed E-state index contributed by atoms with van der Waals surface area (Å²) in [6.45, 7) is 1.98. The highest BCUT2D eigenvalue weighted by Crippen LogP contribution is 2.31. The standard InChI is InChI=1S/C26H29N3O5S/c1-18-10-15-21(35(32,33)29(4)23-8-6-7-9-24(23)34-5)16-22(18)25(30)27-17-19-11-13-20(14-12-19)26(31)28(2)3/h6-16H,17H2,1-5H3,(H,27,30). The summed E-state index contributed by atoms with van der Waals surface area (Å²) in [5, 5.41) is 2.82. The van der Waals surface area contributed by atoms with Crippen molar-refractivity contribution in [2.75, 3.05) is 32.6 Å². The van der Waals surface area contributed by atoms with Crippen LogP contribution >= 0.6 is 0 Å². The SMILES string of the molecule is COc1ccccc1N(C)S(=O)(=O)c1ccc(C)c(C(=O)NCc2ccc(C(=O)N(C)C)cc2)c1. The van der Waals surface area contributed by atoms with Gasteiger partial charge in [0.2, 0.25) is 0 Å². The minimum Gasteiger partial charge on any atom is -0.495 e. The lowest BCUT2D eigenvalue weighted by atomic mass is 10.1. The van der Waals surface area contributed by atoms with Gasteiger partial charge in [0.05, 0.1) is 17.7 Å². The van der Waals surface area contributed by atoms with E-state index in [1.165, 1.54) is 31.2 Å². The van der Waals surface area contributed by atoms with Gasteiger partial charge in [-0.05, 0) is 54.4 Å². The molecule has 0 spiro atoms. The Balaban J connectivity index is 1.80. The number of aryl methyl sites for hydroxylation is 1. The minimum atomic E-state index is -3.95. The van der Waals surface area contributed by atoms with Crippen LogP contribution in [-0.4, -0.2) is 53.4 Å². The zero-order valence-corrected chi connectivity index (χ0v) is 21.2. The smallest absolute Gasteiger partial charge is 0.264 e. The number of nitrogens with one attached hydrogen (secondary N) is 1. The molecule has 0 saturated heterocycles. The highest BCUT2D eigenvalue weighted by atomic mass is 32.2. The number of rotatable bonds is 8. The maximum atomic E-state index is 13.3. The fraction of sp³-hybridized carbons (Fsp3) is 0.231. The van der Waals surface area contributed by atoms with Crippen molar-refractivity contribution in [1.29, 1.82) is 0 Å². The van der Waals surface area contributed by atoms with E-state index in [0.29, 0.717) is 22.6 Å². The molecular weight excluding hydrogens is 466 g/mol.